The lowest BCUT2D eigenvalue weighted by Crippen LogP contribution is -2.30. The van der Waals surface area contributed by atoms with Crippen LogP contribution in [0.15, 0.2) is 97.2 Å². The molecule has 17 nitrogen and oxygen atoms in total. The molecule has 590 valence electrons. The first-order chi connectivity index (χ1) is 49.7. The van der Waals surface area contributed by atoms with E-state index in [0.717, 1.165) is 135 Å². The van der Waals surface area contributed by atoms with Gasteiger partial charge in [0.2, 0.25) is 0 Å². The van der Waals surface area contributed by atoms with Crippen molar-refractivity contribution in [2.24, 2.45) is 0 Å². The van der Waals surface area contributed by atoms with Gasteiger partial charge < -0.3 is 33.8 Å². The molecule has 0 saturated heterocycles. The summed E-state index contributed by atoms with van der Waals surface area (Å²) in [6, 6.07) is 0. The molecule has 0 aromatic heterocycles. The zero-order valence-corrected chi connectivity index (χ0v) is 66.3. The second-order valence-electron chi connectivity index (χ2n) is 27.0. The molecule has 102 heavy (non-hydrogen) atoms. The first-order valence-electron chi connectivity index (χ1n) is 40.5. The number of carbonyl (C=O) groups excluding carboxylic acids is 4. The Hall–Kier alpha value is -4.02. The van der Waals surface area contributed by atoms with Crippen molar-refractivity contribution in [1.82, 2.24) is 0 Å². The summed E-state index contributed by atoms with van der Waals surface area (Å²) in [5.41, 5.74) is 0. The average Bonchev–Trinajstić information content (AvgIpc) is 0.908. The van der Waals surface area contributed by atoms with Gasteiger partial charge in [-0.1, -0.05) is 305 Å². The zero-order valence-electron chi connectivity index (χ0n) is 64.5. The van der Waals surface area contributed by atoms with Crippen LogP contribution in [0.2, 0.25) is 0 Å². The van der Waals surface area contributed by atoms with Crippen molar-refractivity contribution in [3.05, 3.63) is 97.2 Å². The Labute approximate surface area is 620 Å². The summed E-state index contributed by atoms with van der Waals surface area (Å²) >= 11 is 0. The minimum atomic E-state index is -5.00. The molecule has 0 aromatic rings. The largest absolute Gasteiger partial charge is 0.472 e. The topological polar surface area (TPSA) is 237 Å². The van der Waals surface area contributed by atoms with Crippen molar-refractivity contribution in [1.29, 1.82) is 0 Å². The fourth-order valence-corrected chi connectivity index (χ4v) is 12.5. The molecule has 0 aromatic carbocycles. The molecule has 3 N–H and O–H groups in total. The van der Waals surface area contributed by atoms with Crippen LogP contribution < -0.4 is 0 Å². The van der Waals surface area contributed by atoms with Crippen molar-refractivity contribution in [2.75, 3.05) is 39.6 Å². The van der Waals surface area contributed by atoms with Crippen LogP contribution in [0.3, 0.4) is 0 Å². The fraction of sp³-hybridized carbons (Fsp3) is 0.759. The van der Waals surface area contributed by atoms with Crippen molar-refractivity contribution >= 4 is 39.5 Å². The molecular weight excluding hydrogens is 1330 g/mol. The number of aliphatic hydroxyl groups is 1. The highest BCUT2D eigenvalue weighted by atomic mass is 31.2. The Morgan fingerprint density at radius 1 is 0.284 bits per heavy atom. The Balaban J connectivity index is 5.41. The molecule has 0 spiro atoms. The van der Waals surface area contributed by atoms with Gasteiger partial charge in [0.15, 0.2) is 12.2 Å². The maximum absolute atomic E-state index is 13.1. The van der Waals surface area contributed by atoms with E-state index in [1.165, 1.54) is 128 Å². The smallest absolute Gasteiger partial charge is 0.462 e. The Bertz CT molecular complexity index is 2310. The Morgan fingerprint density at radius 2 is 0.529 bits per heavy atom. The average molecular weight is 1480 g/mol. The van der Waals surface area contributed by atoms with Crippen molar-refractivity contribution in [3.63, 3.8) is 0 Å². The summed E-state index contributed by atoms with van der Waals surface area (Å²) in [5, 5.41) is 10.6. The van der Waals surface area contributed by atoms with E-state index in [4.69, 9.17) is 37.0 Å². The van der Waals surface area contributed by atoms with E-state index in [1.54, 1.807) is 0 Å². The predicted molar refractivity (Wildman–Crippen MR) is 418 cm³/mol. The van der Waals surface area contributed by atoms with Gasteiger partial charge >= 0.3 is 39.5 Å². The third kappa shape index (κ3) is 74.3. The molecule has 0 heterocycles. The molecule has 19 heteroatoms. The number of rotatable bonds is 76. The normalized spacial score (nSPS) is 14.4. The van der Waals surface area contributed by atoms with Crippen LogP contribution in [-0.2, 0) is 65.4 Å². The van der Waals surface area contributed by atoms with Crippen LogP contribution >= 0.6 is 15.6 Å². The van der Waals surface area contributed by atoms with Crippen LogP contribution in [0, 0.1) is 0 Å². The fourth-order valence-electron chi connectivity index (χ4n) is 10.9. The van der Waals surface area contributed by atoms with Gasteiger partial charge in [-0.05, 0) is 116 Å². The SMILES string of the molecule is CC/C=C\C/C=C\C/C=C\C/C=C\C/C=C\C/C=C\CCC(=O)O[C@H](COC(=O)CCCCCCC/C=C\CCCCCCCC)COP(=O)(O)OC[C@@H](O)COP(=O)(O)OC[C@@H](COC(=O)CCCCCCCCC/C=C\CCCCCC)OC(=O)CCCCCCCCCCCCCCC. The Kier molecular flexibility index (Phi) is 72.3. The minimum absolute atomic E-state index is 0.0311. The van der Waals surface area contributed by atoms with E-state index in [9.17, 15) is 43.2 Å². The molecule has 5 atom stereocenters. The van der Waals surface area contributed by atoms with Crippen LogP contribution in [0.1, 0.15) is 349 Å². The number of phosphoric ester groups is 2. The second kappa shape index (κ2) is 75.2. The van der Waals surface area contributed by atoms with Gasteiger partial charge in [-0.2, -0.15) is 0 Å². The molecule has 0 aliphatic carbocycles. The quantitative estimate of drug-likeness (QED) is 0.0169. The van der Waals surface area contributed by atoms with Crippen LogP contribution in [0.25, 0.3) is 0 Å². The van der Waals surface area contributed by atoms with Gasteiger partial charge in [-0.25, -0.2) is 9.13 Å². The number of esters is 4. The maximum Gasteiger partial charge on any atom is 0.472 e. The van der Waals surface area contributed by atoms with Crippen molar-refractivity contribution < 1.29 is 80.2 Å². The van der Waals surface area contributed by atoms with Crippen LogP contribution in [-0.4, -0.2) is 96.7 Å². The highest BCUT2D eigenvalue weighted by Gasteiger charge is 2.30. The summed E-state index contributed by atoms with van der Waals surface area (Å²) in [6.07, 6.45) is 79.7. The highest BCUT2D eigenvalue weighted by Crippen LogP contribution is 2.45. The number of carbonyl (C=O) groups is 4. The van der Waals surface area contributed by atoms with E-state index < -0.39 is 97.5 Å². The number of phosphoric acid groups is 2. The lowest BCUT2D eigenvalue weighted by Gasteiger charge is -2.21. The molecule has 0 saturated carbocycles. The van der Waals surface area contributed by atoms with Gasteiger partial charge in [-0.15, -0.1) is 0 Å². The lowest BCUT2D eigenvalue weighted by molar-refractivity contribution is -0.161. The first-order valence-corrected chi connectivity index (χ1v) is 43.5. The number of hydrogen-bond donors (Lipinski definition) is 3. The van der Waals surface area contributed by atoms with Gasteiger partial charge in [0.05, 0.1) is 26.4 Å². The summed E-state index contributed by atoms with van der Waals surface area (Å²) in [4.78, 5) is 73.0. The first kappa shape index (κ1) is 98.0. The van der Waals surface area contributed by atoms with E-state index in [2.05, 4.69) is 107 Å². The monoisotopic (exact) mass is 1480 g/mol. The summed E-state index contributed by atoms with van der Waals surface area (Å²) in [7, 11) is -9.97. The molecule has 0 aliphatic rings. The van der Waals surface area contributed by atoms with Gasteiger partial charge in [0.25, 0.3) is 0 Å². The summed E-state index contributed by atoms with van der Waals surface area (Å²) < 4.78 is 68.5. The Morgan fingerprint density at radius 3 is 0.853 bits per heavy atom. The van der Waals surface area contributed by atoms with Crippen molar-refractivity contribution in [2.45, 2.75) is 367 Å². The number of unbranched alkanes of at least 4 members (excludes halogenated alkanes) is 34. The van der Waals surface area contributed by atoms with Crippen LogP contribution in [0.5, 0.6) is 0 Å². The molecule has 0 rings (SSSR count). The minimum Gasteiger partial charge on any atom is -0.462 e. The van der Waals surface area contributed by atoms with Gasteiger partial charge in [0.1, 0.15) is 19.3 Å². The van der Waals surface area contributed by atoms with Crippen molar-refractivity contribution in [3.8, 4) is 0 Å². The van der Waals surface area contributed by atoms with E-state index in [0.29, 0.717) is 32.1 Å². The maximum atomic E-state index is 13.1. The van der Waals surface area contributed by atoms with E-state index in [1.807, 2.05) is 18.2 Å². The molecule has 0 bridgehead atoms. The third-order valence-corrected chi connectivity index (χ3v) is 18.9. The van der Waals surface area contributed by atoms with Gasteiger partial charge in [0, 0.05) is 25.7 Å². The molecule has 0 radical (unpaired) electrons. The summed E-state index contributed by atoms with van der Waals surface area (Å²) in [6.45, 7) is 4.69. The number of ether oxygens (including phenoxy) is 4. The molecule has 2 unspecified atom stereocenters. The second-order valence-corrected chi connectivity index (χ2v) is 29.9. The molecule has 0 amide bonds. The number of allylic oxidation sites excluding steroid dienone is 16. The standard InChI is InChI=1S/C83H146O17P2/c1-5-9-13-17-21-25-29-33-36-37-38-39-42-46-50-54-58-62-66-70-83(88)100-79(74-94-81(86)68-64-60-56-52-48-45-41-35-31-27-23-19-15-11-7-3)76-98-102(91,92)96-72-77(84)71-95-101(89,90)97-75-78(99-82(87)69-65-61-57-53-49-43-32-28-24-20-16-12-8-4)73-93-80(85)67-63-59-55-51-47-44-40-34-30-26-22-18-14-10-6-2/h9,13,21,25-26,30,33,35-36,38-39,41,46,50,58,62,77-79,84H,5-8,10-12,14-20,22-24,27-29,31-32,34,37,40,42-45,47-49,51-57,59-61,63-76H2,1-4H3,(H,89,90)(H,91,92)/b13-9-,25-21-,30-26-,36-33-,39-38-,41-35-,50-46-,62-58-/t77-,78+,79+/m0/s1. The molecule has 0 fully saturated rings. The number of hydrogen-bond acceptors (Lipinski definition) is 15. The van der Waals surface area contributed by atoms with Crippen LogP contribution in [0.4, 0.5) is 0 Å². The zero-order chi connectivity index (χ0) is 74.6. The number of aliphatic hydroxyl groups excluding tert-OH is 1. The molecular formula is C83H146O17P2. The van der Waals surface area contributed by atoms with Gasteiger partial charge in [-0.3, -0.25) is 37.3 Å². The highest BCUT2D eigenvalue weighted by molar-refractivity contribution is 7.47. The van der Waals surface area contributed by atoms with E-state index >= 15 is 0 Å². The van der Waals surface area contributed by atoms with E-state index in [-0.39, 0.29) is 25.7 Å². The molecule has 0 aliphatic heterocycles. The third-order valence-electron chi connectivity index (χ3n) is 17.0. The summed E-state index contributed by atoms with van der Waals surface area (Å²) in [5.74, 6) is -2.27. The predicted octanol–water partition coefficient (Wildman–Crippen LogP) is 23.6. The lowest BCUT2D eigenvalue weighted by atomic mass is 10.0.